The summed E-state index contributed by atoms with van der Waals surface area (Å²) in [7, 11) is 1.90. The molecule has 3 aliphatic rings. The summed E-state index contributed by atoms with van der Waals surface area (Å²) in [4.78, 5) is 17.1. The van der Waals surface area contributed by atoms with Gasteiger partial charge in [-0.1, -0.05) is 18.2 Å². The Labute approximate surface area is 156 Å². The maximum atomic E-state index is 12.7. The fourth-order valence-corrected chi connectivity index (χ4v) is 4.11. The van der Waals surface area contributed by atoms with Crippen molar-refractivity contribution in [1.82, 2.24) is 9.80 Å². The van der Waals surface area contributed by atoms with E-state index in [1.54, 1.807) is 0 Å². The number of likely N-dealkylation sites (tertiary alicyclic amines) is 1. The van der Waals surface area contributed by atoms with Crippen molar-refractivity contribution in [2.45, 2.75) is 44.2 Å². The van der Waals surface area contributed by atoms with Gasteiger partial charge in [0.05, 0.1) is 12.1 Å². The molecule has 2 atom stereocenters. The molecule has 1 aromatic carbocycles. The monoisotopic (exact) mass is 358 g/mol. The average Bonchev–Trinajstić information content (AvgIpc) is 3.37. The highest BCUT2D eigenvalue weighted by Gasteiger charge is 2.39. The minimum atomic E-state index is 0.0333. The number of aryl methyl sites for hydroxylation is 1. The number of likely N-dealkylation sites (N-methyl/N-ethyl adjacent to an activating group) is 1. The van der Waals surface area contributed by atoms with Gasteiger partial charge in [-0.25, -0.2) is 0 Å². The van der Waals surface area contributed by atoms with Gasteiger partial charge in [-0.15, -0.1) is 0 Å². The summed E-state index contributed by atoms with van der Waals surface area (Å²) in [6.07, 6.45) is 5.91. The van der Waals surface area contributed by atoms with Crippen LogP contribution in [0.3, 0.4) is 0 Å². The van der Waals surface area contributed by atoms with Crippen LogP contribution in [0.1, 0.15) is 31.2 Å². The summed E-state index contributed by atoms with van der Waals surface area (Å²) in [6, 6.07) is 8.18. The van der Waals surface area contributed by atoms with Crippen LogP contribution in [0.2, 0.25) is 0 Å². The van der Waals surface area contributed by atoms with E-state index in [9.17, 15) is 4.79 Å². The number of amides is 1. The van der Waals surface area contributed by atoms with Crippen molar-refractivity contribution in [3.63, 3.8) is 0 Å². The Kier molecular flexibility index (Phi) is 5.46. The Morgan fingerprint density at radius 3 is 2.85 bits per heavy atom. The second-order valence-electron chi connectivity index (χ2n) is 8.00. The minimum Gasteiger partial charge on any atom is -0.483 e. The van der Waals surface area contributed by atoms with Crippen LogP contribution in [0.5, 0.6) is 5.75 Å². The van der Waals surface area contributed by atoms with Gasteiger partial charge in [0.15, 0.2) is 6.61 Å². The molecule has 5 nitrogen and oxygen atoms in total. The van der Waals surface area contributed by atoms with Crippen LogP contribution in [0.4, 0.5) is 0 Å². The number of carbonyl (C=O) groups is 1. The van der Waals surface area contributed by atoms with Gasteiger partial charge >= 0.3 is 0 Å². The van der Waals surface area contributed by atoms with Crippen molar-refractivity contribution >= 4 is 5.91 Å². The van der Waals surface area contributed by atoms with Crippen molar-refractivity contribution in [3.05, 3.63) is 29.8 Å². The van der Waals surface area contributed by atoms with E-state index in [1.165, 1.54) is 18.4 Å². The quantitative estimate of drug-likeness (QED) is 0.814. The van der Waals surface area contributed by atoms with E-state index in [1.807, 2.05) is 30.1 Å². The van der Waals surface area contributed by atoms with Gasteiger partial charge in [-0.05, 0) is 49.7 Å². The third kappa shape index (κ3) is 4.21. The summed E-state index contributed by atoms with van der Waals surface area (Å²) in [6.45, 7) is 3.88. The summed E-state index contributed by atoms with van der Waals surface area (Å²) in [5.41, 5.74) is 1.18. The van der Waals surface area contributed by atoms with E-state index in [-0.39, 0.29) is 24.7 Å². The van der Waals surface area contributed by atoms with Crippen molar-refractivity contribution in [3.8, 4) is 5.75 Å². The number of hydrogen-bond acceptors (Lipinski definition) is 4. The molecule has 26 heavy (non-hydrogen) atoms. The van der Waals surface area contributed by atoms with Crippen molar-refractivity contribution in [1.29, 1.82) is 0 Å². The van der Waals surface area contributed by atoms with Gasteiger partial charge in [-0.2, -0.15) is 0 Å². The lowest BCUT2D eigenvalue weighted by Crippen LogP contribution is -2.47. The molecule has 1 aliphatic carbocycles. The maximum absolute atomic E-state index is 12.7. The van der Waals surface area contributed by atoms with Gasteiger partial charge in [0.1, 0.15) is 5.75 Å². The van der Waals surface area contributed by atoms with E-state index >= 15 is 0 Å². The van der Waals surface area contributed by atoms with E-state index in [2.05, 4.69) is 11.0 Å². The van der Waals surface area contributed by atoms with Crippen molar-refractivity contribution in [2.75, 3.05) is 39.9 Å². The Balaban J connectivity index is 1.46. The maximum Gasteiger partial charge on any atom is 0.260 e. The molecular formula is C21H30N2O3. The van der Waals surface area contributed by atoms with Crippen LogP contribution in [0.15, 0.2) is 24.3 Å². The lowest BCUT2D eigenvalue weighted by molar-refractivity contribution is -0.136. The fourth-order valence-electron chi connectivity index (χ4n) is 4.11. The molecular weight excluding hydrogens is 328 g/mol. The van der Waals surface area contributed by atoms with Gasteiger partial charge in [0.2, 0.25) is 0 Å². The predicted molar refractivity (Wildman–Crippen MR) is 100 cm³/mol. The lowest BCUT2D eigenvalue weighted by atomic mass is 10.1. The van der Waals surface area contributed by atoms with Crippen LogP contribution in [-0.2, 0) is 16.0 Å². The van der Waals surface area contributed by atoms with Gasteiger partial charge in [0.25, 0.3) is 5.91 Å². The number of benzene rings is 1. The van der Waals surface area contributed by atoms with Gasteiger partial charge < -0.3 is 14.4 Å². The third-order valence-electron chi connectivity index (χ3n) is 5.91. The molecule has 1 saturated carbocycles. The zero-order valence-electron chi connectivity index (χ0n) is 15.7. The summed E-state index contributed by atoms with van der Waals surface area (Å²) < 4.78 is 12.1. The van der Waals surface area contributed by atoms with E-state index in [4.69, 9.17) is 9.47 Å². The van der Waals surface area contributed by atoms with E-state index < -0.39 is 0 Å². The molecule has 0 radical (unpaired) electrons. The third-order valence-corrected chi connectivity index (χ3v) is 5.91. The normalized spacial score (nSPS) is 28.3. The lowest BCUT2D eigenvalue weighted by Gasteiger charge is -2.29. The molecule has 5 heteroatoms. The first kappa shape index (κ1) is 17.8. The second kappa shape index (κ2) is 7.97. The van der Waals surface area contributed by atoms with Crippen LogP contribution < -0.4 is 4.74 Å². The van der Waals surface area contributed by atoms with Crippen molar-refractivity contribution < 1.29 is 14.3 Å². The van der Waals surface area contributed by atoms with Gasteiger partial charge in [0, 0.05) is 33.3 Å². The minimum absolute atomic E-state index is 0.0333. The predicted octanol–water partition coefficient (Wildman–Crippen LogP) is 2.34. The number of hydrogen-bond donors (Lipinski definition) is 0. The zero-order valence-corrected chi connectivity index (χ0v) is 15.7. The van der Waals surface area contributed by atoms with Crippen LogP contribution >= 0.6 is 0 Å². The molecule has 0 bridgehead atoms. The summed E-state index contributed by atoms with van der Waals surface area (Å²) in [5.74, 6) is 1.74. The highest BCUT2D eigenvalue weighted by atomic mass is 16.5. The first-order valence-corrected chi connectivity index (χ1v) is 10.0. The molecule has 0 N–H and O–H groups in total. The molecule has 1 saturated heterocycles. The Morgan fingerprint density at radius 2 is 2.00 bits per heavy atom. The van der Waals surface area contributed by atoms with Crippen LogP contribution in [-0.4, -0.2) is 67.7 Å². The molecule has 2 aliphatic heterocycles. The molecule has 142 valence electrons. The van der Waals surface area contributed by atoms with Crippen LogP contribution in [0, 0.1) is 5.92 Å². The molecule has 2 heterocycles. The Morgan fingerprint density at radius 1 is 1.15 bits per heavy atom. The summed E-state index contributed by atoms with van der Waals surface area (Å²) >= 11 is 0. The van der Waals surface area contributed by atoms with Crippen LogP contribution in [0.25, 0.3) is 0 Å². The van der Waals surface area contributed by atoms with Gasteiger partial charge in [-0.3, -0.25) is 9.69 Å². The molecule has 0 aromatic heterocycles. The zero-order chi connectivity index (χ0) is 17.9. The SMILES string of the molecule is CN1C(=O)COc2ccccc2CCCCO[C@@H]2CN(CC3CC3)C[C@@H]21. The molecule has 1 amide bonds. The molecule has 0 unspecified atom stereocenters. The van der Waals surface area contributed by atoms with Crippen molar-refractivity contribution in [2.24, 2.45) is 5.92 Å². The Hall–Kier alpha value is -1.59. The first-order chi connectivity index (χ1) is 12.7. The molecule has 4 rings (SSSR count). The molecule has 0 spiro atoms. The Bertz CT molecular complexity index is 631. The average molecular weight is 358 g/mol. The number of nitrogens with zero attached hydrogens (tertiary/aromatic N) is 2. The number of fused-ring (bicyclic) bond motifs is 2. The number of ether oxygens (including phenoxy) is 2. The molecule has 1 aromatic rings. The van der Waals surface area contributed by atoms with E-state index in [0.29, 0.717) is 0 Å². The highest BCUT2D eigenvalue weighted by Crippen LogP contribution is 2.32. The number of carbonyl (C=O) groups excluding carboxylic acids is 1. The number of para-hydroxylation sites is 1. The second-order valence-corrected chi connectivity index (χ2v) is 8.00. The number of rotatable bonds is 2. The highest BCUT2D eigenvalue weighted by molar-refractivity contribution is 5.78. The molecule has 2 fully saturated rings. The topological polar surface area (TPSA) is 42.0 Å². The smallest absolute Gasteiger partial charge is 0.260 e. The summed E-state index contributed by atoms with van der Waals surface area (Å²) in [5, 5.41) is 0. The fraction of sp³-hybridized carbons (Fsp3) is 0.667. The largest absolute Gasteiger partial charge is 0.483 e. The van der Waals surface area contributed by atoms with E-state index in [0.717, 1.165) is 57.2 Å². The first-order valence-electron chi connectivity index (χ1n) is 10.0. The standard InChI is InChI=1S/C21H30N2O3/c1-22-18-13-23(12-16-9-10-16)14-20(18)25-11-5-4-7-17-6-2-3-8-19(17)26-15-21(22)24/h2-3,6,8,16,18,20H,4-5,7,9-15H2,1H3/t18-,20+/m0/s1.